The summed E-state index contributed by atoms with van der Waals surface area (Å²) in [5.74, 6) is 4.96. The predicted molar refractivity (Wildman–Crippen MR) is 79.8 cm³/mol. The molecule has 0 radical (unpaired) electrons. The van der Waals surface area contributed by atoms with Crippen LogP contribution in [0.15, 0.2) is 18.2 Å². The first-order chi connectivity index (χ1) is 8.84. The number of aryl methyl sites for hydroxylation is 2. The highest BCUT2D eigenvalue weighted by Crippen LogP contribution is 2.25. The van der Waals surface area contributed by atoms with Gasteiger partial charge in [0.15, 0.2) is 0 Å². The molecule has 0 spiro atoms. The first kappa shape index (κ1) is 15.7. The Kier molecular flexibility index (Phi) is 5.55. The Balaban J connectivity index is 2.54. The van der Waals surface area contributed by atoms with E-state index in [1.54, 1.807) is 0 Å². The average molecular weight is 262 g/mol. The Bertz CT molecular complexity index is 433. The monoisotopic (exact) mass is 262 g/mol. The summed E-state index contributed by atoms with van der Waals surface area (Å²) in [6.45, 7) is 8.85. The van der Waals surface area contributed by atoms with Crippen LogP contribution in [0.4, 0.5) is 0 Å². The van der Waals surface area contributed by atoms with Gasteiger partial charge < -0.3 is 0 Å². The lowest BCUT2D eigenvalue weighted by molar-refractivity contribution is -0.121. The van der Waals surface area contributed by atoms with E-state index in [0.717, 1.165) is 19.3 Å². The third-order valence-corrected chi connectivity index (χ3v) is 3.47. The molecule has 1 aromatic carbocycles. The Labute approximate surface area is 116 Å². The van der Waals surface area contributed by atoms with E-state index in [1.807, 2.05) is 0 Å². The highest BCUT2D eigenvalue weighted by atomic mass is 16.2. The number of amides is 1. The third-order valence-electron chi connectivity index (χ3n) is 3.47. The average Bonchev–Trinajstić information content (AvgIpc) is 2.34. The van der Waals surface area contributed by atoms with Gasteiger partial charge in [-0.1, -0.05) is 39.0 Å². The molecule has 1 aromatic rings. The van der Waals surface area contributed by atoms with Gasteiger partial charge in [0.25, 0.3) is 0 Å². The van der Waals surface area contributed by atoms with E-state index < -0.39 is 0 Å². The molecular formula is C16H26N2O. The van der Waals surface area contributed by atoms with Crippen LogP contribution < -0.4 is 11.3 Å². The van der Waals surface area contributed by atoms with Crippen molar-refractivity contribution in [3.8, 4) is 0 Å². The Morgan fingerprint density at radius 3 is 2.47 bits per heavy atom. The number of hydrogen-bond donors (Lipinski definition) is 2. The van der Waals surface area contributed by atoms with E-state index >= 15 is 0 Å². The molecule has 1 rings (SSSR count). The summed E-state index contributed by atoms with van der Waals surface area (Å²) >= 11 is 0. The second-order valence-electron chi connectivity index (χ2n) is 6.17. The highest BCUT2D eigenvalue weighted by molar-refractivity contribution is 5.75. The maximum absolute atomic E-state index is 11.0. The fourth-order valence-corrected chi connectivity index (χ4v) is 2.12. The fraction of sp³-hybridized carbons (Fsp3) is 0.562. The molecule has 0 heterocycles. The van der Waals surface area contributed by atoms with Crippen molar-refractivity contribution in [3.05, 3.63) is 34.9 Å². The minimum Gasteiger partial charge on any atom is -0.294 e. The summed E-state index contributed by atoms with van der Waals surface area (Å²) in [4.78, 5) is 11.0. The van der Waals surface area contributed by atoms with E-state index in [9.17, 15) is 4.79 Å². The minimum absolute atomic E-state index is 0.0835. The number of carbonyl (C=O) groups is 1. The van der Waals surface area contributed by atoms with E-state index in [4.69, 9.17) is 5.84 Å². The van der Waals surface area contributed by atoms with Crippen molar-refractivity contribution in [1.82, 2.24) is 5.43 Å². The van der Waals surface area contributed by atoms with Crippen molar-refractivity contribution in [3.63, 3.8) is 0 Å². The van der Waals surface area contributed by atoms with Crippen LogP contribution in [0.3, 0.4) is 0 Å². The van der Waals surface area contributed by atoms with E-state index in [1.165, 1.54) is 16.7 Å². The second kappa shape index (κ2) is 6.71. The minimum atomic E-state index is -0.0835. The molecule has 0 saturated carbocycles. The number of nitrogens with two attached hydrogens (primary N) is 1. The lowest BCUT2D eigenvalue weighted by atomic mass is 9.85. The summed E-state index contributed by atoms with van der Waals surface area (Å²) in [6.07, 6.45) is 3.43. The number of benzene rings is 1. The molecule has 0 unspecified atom stereocenters. The molecule has 0 aliphatic carbocycles. The molecule has 0 aliphatic heterocycles. The molecule has 0 fully saturated rings. The number of nitrogens with one attached hydrogen (secondary N) is 1. The Morgan fingerprint density at radius 2 is 1.95 bits per heavy atom. The Hall–Kier alpha value is -1.35. The largest absolute Gasteiger partial charge is 0.294 e. The van der Waals surface area contributed by atoms with Crippen LogP contribution >= 0.6 is 0 Å². The first-order valence-electron chi connectivity index (χ1n) is 6.94. The number of unbranched alkanes of at least 4 members (excludes halogenated alkanes) is 1. The van der Waals surface area contributed by atoms with Crippen LogP contribution in [0, 0.1) is 6.92 Å². The molecule has 3 heteroatoms. The van der Waals surface area contributed by atoms with Crippen molar-refractivity contribution in [1.29, 1.82) is 0 Å². The zero-order valence-corrected chi connectivity index (χ0v) is 12.5. The lowest BCUT2D eigenvalue weighted by Crippen LogP contribution is -2.29. The normalized spacial score (nSPS) is 11.4. The van der Waals surface area contributed by atoms with Crippen LogP contribution in [-0.2, 0) is 16.6 Å². The lowest BCUT2D eigenvalue weighted by Gasteiger charge is -2.20. The van der Waals surface area contributed by atoms with E-state index in [2.05, 4.69) is 51.3 Å². The van der Waals surface area contributed by atoms with Crippen molar-refractivity contribution in [2.75, 3.05) is 0 Å². The van der Waals surface area contributed by atoms with Crippen LogP contribution in [0.1, 0.15) is 56.7 Å². The maximum Gasteiger partial charge on any atom is 0.233 e. The first-order valence-corrected chi connectivity index (χ1v) is 6.94. The van der Waals surface area contributed by atoms with Gasteiger partial charge in [-0.05, 0) is 48.3 Å². The zero-order chi connectivity index (χ0) is 14.5. The Morgan fingerprint density at radius 1 is 1.26 bits per heavy atom. The standard InChI is InChI=1S/C16H26N2O/c1-12-11-14(16(2,3)4)10-9-13(12)7-5-6-8-15(19)18-17/h9-11H,5-8,17H2,1-4H3,(H,18,19). The van der Waals surface area contributed by atoms with Crippen LogP contribution in [0.25, 0.3) is 0 Å². The van der Waals surface area contributed by atoms with Crippen molar-refractivity contribution < 1.29 is 4.79 Å². The fourth-order valence-electron chi connectivity index (χ4n) is 2.12. The SMILES string of the molecule is Cc1cc(C(C)(C)C)ccc1CCCCC(=O)NN. The van der Waals surface area contributed by atoms with Gasteiger partial charge in [0.05, 0.1) is 0 Å². The molecule has 3 N–H and O–H groups in total. The van der Waals surface area contributed by atoms with E-state index in [-0.39, 0.29) is 11.3 Å². The molecular weight excluding hydrogens is 236 g/mol. The van der Waals surface area contributed by atoms with Gasteiger partial charge in [-0.25, -0.2) is 5.84 Å². The predicted octanol–water partition coefficient (Wildman–Crippen LogP) is 3.00. The van der Waals surface area contributed by atoms with E-state index in [0.29, 0.717) is 6.42 Å². The van der Waals surface area contributed by atoms with Crippen molar-refractivity contribution in [2.45, 2.75) is 58.8 Å². The van der Waals surface area contributed by atoms with Crippen molar-refractivity contribution in [2.24, 2.45) is 5.84 Å². The molecule has 0 aromatic heterocycles. The van der Waals surface area contributed by atoms with Gasteiger partial charge >= 0.3 is 0 Å². The summed E-state index contributed by atoms with van der Waals surface area (Å²) in [5.41, 5.74) is 6.45. The van der Waals surface area contributed by atoms with Gasteiger partial charge in [-0.2, -0.15) is 0 Å². The third kappa shape index (κ3) is 5.03. The highest BCUT2D eigenvalue weighted by Gasteiger charge is 2.14. The summed E-state index contributed by atoms with van der Waals surface area (Å²) in [5, 5.41) is 0. The van der Waals surface area contributed by atoms with Gasteiger partial charge in [0, 0.05) is 6.42 Å². The molecule has 0 atom stereocenters. The quantitative estimate of drug-likeness (QED) is 0.371. The van der Waals surface area contributed by atoms with Gasteiger partial charge in [0.2, 0.25) is 5.91 Å². The summed E-state index contributed by atoms with van der Waals surface area (Å²) in [7, 11) is 0. The maximum atomic E-state index is 11.0. The van der Waals surface area contributed by atoms with Crippen molar-refractivity contribution >= 4 is 5.91 Å². The van der Waals surface area contributed by atoms with Crippen LogP contribution in [-0.4, -0.2) is 5.91 Å². The molecule has 106 valence electrons. The molecule has 1 amide bonds. The number of rotatable bonds is 5. The number of hydrogen-bond acceptors (Lipinski definition) is 2. The molecule has 19 heavy (non-hydrogen) atoms. The second-order valence-corrected chi connectivity index (χ2v) is 6.17. The van der Waals surface area contributed by atoms with Gasteiger partial charge in [-0.3, -0.25) is 10.2 Å². The number of hydrazine groups is 1. The molecule has 0 bridgehead atoms. The van der Waals surface area contributed by atoms with Gasteiger partial charge in [0.1, 0.15) is 0 Å². The van der Waals surface area contributed by atoms with Crippen LogP contribution in [0.2, 0.25) is 0 Å². The summed E-state index contributed by atoms with van der Waals surface area (Å²) in [6, 6.07) is 6.72. The topological polar surface area (TPSA) is 55.1 Å². The number of carbonyl (C=O) groups excluding carboxylic acids is 1. The summed E-state index contributed by atoms with van der Waals surface area (Å²) < 4.78 is 0. The van der Waals surface area contributed by atoms with Gasteiger partial charge in [-0.15, -0.1) is 0 Å². The smallest absolute Gasteiger partial charge is 0.233 e. The molecule has 0 saturated heterocycles. The molecule has 0 aliphatic rings. The van der Waals surface area contributed by atoms with Crippen LogP contribution in [0.5, 0.6) is 0 Å². The zero-order valence-electron chi connectivity index (χ0n) is 12.5. The molecule has 3 nitrogen and oxygen atoms in total.